The molecule has 2 heterocycles. The van der Waals surface area contributed by atoms with Gasteiger partial charge in [0.2, 0.25) is 15.9 Å². The Morgan fingerprint density at radius 2 is 1.64 bits per heavy atom. The van der Waals surface area contributed by atoms with Crippen LogP contribution in [-0.4, -0.2) is 78.5 Å². The van der Waals surface area contributed by atoms with E-state index < -0.39 is 10.0 Å². The Bertz CT molecular complexity index is 522. The van der Waals surface area contributed by atoms with Crippen LogP contribution in [0.4, 0.5) is 0 Å². The predicted molar refractivity (Wildman–Crippen MR) is 85.0 cm³/mol. The Kier molecular flexibility index (Phi) is 4.49. The van der Waals surface area contributed by atoms with Crippen LogP contribution in [0.25, 0.3) is 0 Å². The summed E-state index contributed by atoms with van der Waals surface area (Å²) in [5.41, 5.74) is 0. The van der Waals surface area contributed by atoms with Gasteiger partial charge in [0.05, 0.1) is 11.3 Å². The molecule has 2 saturated heterocycles. The number of sulfonamides is 1. The fourth-order valence-electron chi connectivity index (χ4n) is 3.58. The number of hydrogen-bond donors (Lipinski definition) is 0. The minimum atomic E-state index is -3.07. The smallest absolute Gasteiger partial charge is 0.240 e. The van der Waals surface area contributed by atoms with Crippen molar-refractivity contribution in [2.75, 3.05) is 32.7 Å². The van der Waals surface area contributed by atoms with Crippen molar-refractivity contribution >= 4 is 15.9 Å². The predicted octanol–water partition coefficient (Wildman–Crippen LogP) is 0.496. The third-order valence-electron chi connectivity index (χ3n) is 5.09. The second-order valence-corrected chi connectivity index (χ2v) is 9.18. The van der Waals surface area contributed by atoms with Gasteiger partial charge in [0, 0.05) is 38.8 Å². The summed E-state index contributed by atoms with van der Waals surface area (Å²) >= 11 is 0. The Morgan fingerprint density at radius 3 is 2.18 bits per heavy atom. The number of rotatable bonds is 4. The monoisotopic (exact) mass is 329 g/mol. The van der Waals surface area contributed by atoms with E-state index in [0.717, 1.165) is 32.2 Å². The van der Waals surface area contributed by atoms with Gasteiger partial charge in [-0.1, -0.05) is 0 Å². The van der Waals surface area contributed by atoms with Crippen LogP contribution in [0, 0.1) is 0 Å². The first kappa shape index (κ1) is 16.2. The van der Waals surface area contributed by atoms with E-state index in [1.165, 1.54) is 0 Å². The molecule has 3 aliphatic rings. The SMILES string of the molecule is CC(C)N1CCC[C@@H](N2CCN(S(=O)(=O)C3CC3)CC2)C1=O. The normalized spacial score (nSPS) is 29.3. The highest BCUT2D eigenvalue weighted by Crippen LogP contribution is 2.31. The Morgan fingerprint density at radius 1 is 1.00 bits per heavy atom. The van der Waals surface area contributed by atoms with Crippen LogP contribution < -0.4 is 0 Å². The van der Waals surface area contributed by atoms with Gasteiger partial charge in [0.1, 0.15) is 0 Å². The van der Waals surface area contributed by atoms with Gasteiger partial charge in [-0.2, -0.15) is 4.31 Å². The van der Waals surface area contributed by atoms with E-state index in [2.05, 4.69) is 18.7 Å². The highest BCUT2D eigenvalue weighted by molar-refractivity contribution is 7.90. The summed E-state index contributed by atoms with van der Waals surface area (Å²) in [6.45, 7) is 7.38. The first-order valence-electron chi connectivity index (χ1n) is 8.44. The first-order chi connectivity index (χ1) is 10.4. The van der Waals surface area contributed by atoms with E-state index in [1.54, 1.807) is 4.31 Å². The number of nitrogens with zero attached hydrogens (tertiary/aromatic N) is 3. The molecule has 0 radical (unpaired) electrons. The highest BCUT2D eigenvalue weighted by atomic mass is 32.2. The summed E-state index contributed by atoms with van der Waals surface area (Å²) in [4.78, 5) is 16.8. The van der Waals surface area contributed by atoms with Gasteiger partial charge >= 0.3 is 0 Å². The zero-order valence-electron chi connectivity index (χ0n) is 13.6. The van der Waals surface area contributed by atoms with Crippen molar-refractivity contribution in [3.05, 3.63) is 0 Å². The summed E-state index contributed by atoms with van der Waals surface area (Å²) in [6, 6.07) is 0.189. The molecule has 22 heavy (non-hydrogen) atoms. The van der Waals surface area contributed by atoms with Crippen molar-refractivity contribution in [2.24, 2.45) is 0 Å². The summed E-state index contributed by atoms with van der Waals surface area (Å²) in [5, 5.41) is -0.133. The molecule has 2 aliphatic heterocycles. The maximum absolute atomic E-state index is 12.6. The largest absolute Gasteiger partial charge is 0.339 e. The van der Waals surface area contributed by atoms with Gasteiger partial charge < -0.3 is 4.90 Å². The Balaban J connectivity index is 1.60. The summed E-state index contributed by atoms with van der Waals surface area (Å²) < 4.78 is 26.2. The lowest BCUT2D eigenvalue weighted by molar-refractivity contribution is -0.142. The van der Waals surface area contributed by atoms with Gasteiger partial charge in [0.15, 0.2) is 0 Å². The van der Waals surface area contributed by atoms with Crippen molar-refractivity contribution < 1.29 is 13.2 Å². The van der Waals surface area contributed by atoms with Gasteiger partial charge in [0.25, 0.3) is 0 Å². The third-order valence-corrected chi connectivity index (χ3v) is 7.49. The minimum Gasteiger partial charge on any atom is -0.339 e. The van der Waals surface area contributed by atoms with E-state index in [-0.39, 0.29) is 23.2 Å². The molecule has 1 atom stereocenters. The van der Waals surface area contributed by atoms with Crippen LogP contribution in [0.3, 0.4) is 0 Å². The molecule has 0 N–H and O–H groups in total. The second-order valence-electron chi connectivity index (χ2n) is 6.96. The molecule has 0 bridgehead atoms. The number of hydrogen-bond acceptors (Lipinski definition) is 4. The maximum atomic E-state index is 12.6. The number of carbonyl (C=O) groups excluding carboxylic acids is 1. The van der Waals surface area contributed by atoms with Crippen molar-refractivity contribution in [3.8, 4) is 0 Å². The molecule has 126 valence electrons. The topological polar surface area (TPSA) is 60.9 Å². The molecule has 0 aromatic rings. The van der Waals surface area contributed by atoms with Gasteiger partial charge in [-0.05, 0) is 39.5 Å². The van der Waals surface area contributed by atoms with Gasteiger partial charge in [-0.3, -0.25) is 9.69 Å². The number of amides is 1. The number of carbonyl (C=O) groups is 1. The van der Waals surface area contributed by atoms with E-state index in [9.17, 15) is 13.2 Å². The molecule has 1 amide bonds. The van der Waals surface area contributed by atoms with Crippen LogP contribution in [0.1, 0.15) is 39.5 Å². The molecule has 1 aliphatic carbocycles. The lowest BCUT2D eigenvalue weighted by Gasteiger charge is -2.43. The molecule has 3 rings (SSSR count). The fourth-order valence-corrected chi connectivity index (χ4v) is 5.40. The van der Waals surface area contributed by atoms with E-state index in [4.69, 9.17) is 0 Å². The summed E-state index contributed by atoms with van der Waals surface area (Å²) in [6.07, 6.45) is 3.56. The number of likely N-dealkylation sites (tertiary alicyclic amines) is 1. The van der Waals surface area contributed by atoms with E-state index in [0.29, 0.717) is 26.2 Å². The molecule has 3 fully saturated rings. The van der Waals surface area contributed by atoms with Gasteiger partial charge in [-0.25, -0.2) is 8.42 Å². The summed E-state index contributed by atoms with van der Waals surface area (Å²) in [5.74, 6) is 0.222. The molecule has 0 unspecified atom stereocenters. The molecular formula is C15H27N3O3S. The van der Waals surface area contributed by atoms with Crippen molar-refractivity contribution in [1.82, 2.24) is 14.1 Å². The van der Waals surface area contributed by atoms with Crippen LogP contribution >= 0.6 is 0 Å². The number of piperidine rings is 1. The standard InChI is InChI=1S/C15H27N3O3S/c1-12(2)18-7-3-4-14(15(18)19)16-8-10-17(11-9-16)22(20,21)13-5-6-13/h12-14H,3-11H2,1-2H3/t14-/m1/s1. The van der Waals surface area contributed by atoms with Crippen LogP contribution in [-0.2, 0) is 14.8 Å². The molecule has 0 aromatic heterocycles. The zero-order valence-corrected chi connectivity index (χ0v) is 14.4. The molecule has 0 aromatic carbocycles. The molecule has 0 spiro atoms. The fraction of sp³-hybridized carbons (Fsp3) is 0.933. The average Bonchev–Trinajstić information content (AvgIpc) is 3.32. The molecule has 6 nitrogen and oxygen atoms in total. The summed E-state index contributed by atoms with van der Waals surface area (Å²) in [7, 11) is -3.07. The van der Waals surface area contributed by atoms with Crippen LogP contribution in [0.2, 0.25) is 0 Å². The third kappa shape index (κ3) is 3.03. The first-order valence-corrected chi connectivity index (χ1v) is 9.95. The second kappa shape index (κ2) is 6.09. The Labute approximate surface area is 133 Å². The quantitative estimate of drug-likeness (QED) is 0.753. The van der Waals surface area contributed by atoms with Crippen molar-refractivity contribution in [2.45, 2.75) is 56.9 Å². The van der Waals surface area contributed by atoms with E-state index in [1.807, 2.05) is 4.90 Å². The zero-order chi connectivity index (χ0) is 15.9. The lowest BCUT2D eigenvalue weighted by Crippen LogP contribution is -2.59. The Hall–Kier alpha value is -0.660. The molecular weight excluding hydrogens is 302 g/mol. The average molecular weight is 329 g/mol. The van der Waals surface area contributed by atoms with Gasteiger partial charge in [-0.15, -0.1) is 0 Å². The maximum Gasteiger partial charge on any atom is 0.240 e. The molecule has 7 heteroatoms. The number of piperazine rings is 1. The van der Waals surface area contributed by atoms with Crippen LogP contribution in [0.15, 0.2) is 0 Å². The minimum absolute atomic E-state index is 0.0538. The van der Waals surface area contributed by atoms with Crippen molar-refractivity contribution in [1.29, 1.82) is 0 Å². The molecule has 1 saturated carbocycles. The van der Waals surface area contributed by atoms with Crippen LogP contribution in [0.5, 0.6) is 0 Å². The van der Waals surface area contributed by atoms with Crippen molar-refractivity contribution in [3.63, 3.8) is 0 Å². The highest BCUT2D eigenvalue weighted by Gasteiger charge is 2.42. The van der Waals surface area contributed by atoms with E-state index >= 15 is 0 Å². The lowest BCUT2D eigenvalue weighted by atomic mass is 10.0.